The van der Waals surface area contributed by atoms with E-state index in [9.17, 15) is 9.59 Å². The van der Waals surface area contributed by atoms with Gasteiger partial charge in [-0.3, -0.25) is 4.79 Å². The zero-order valence-electron chi connectivity index (χ0n) is 9.50. The van der Waals surface area contributed by atoms with Gasteiger partial charge in [0.2, 0.25) is 0 Å². The number of Topliss-reactive ketones (excluding diaryl/α,β-unsaturated/α-hetero) is 1. The van der Waals surface area contributed by atoms with E-state index in [-0.39, 0.29) is 5.78 Å². The Morgan fingerprint density at radius 1 is 1.41 bits per heavy atom. The third kappa shape index (κ3) is 3.39. The molecule has 0 aliphatic heterocycles. The van der Waals surface area contributed by atoms with Crippen LogP contribution >= 0.6 is 31.9 Å². The number of carbonyl (C=O) groups is 2. The van der Waals surface area contributed by atoms with Crippen LogP contribution < -0.4 is 0 Å². The molecule has 0 radical (unpaired) electrons. The lowest BCUT2D eigenvalue weighted by molar-refractivity contribution is -0.116. The molecule has 3 nitrogen and oxygen atoms in total. The van der Waals surface area contributed by atoms with Crippen molar-refractivity contribution < 1.29 is 14.3 Å². The van der Waals surface area contributed by atoms with Crippen molar-refractivity contribution >= 4 is 43.6 Å². The zero-order chi connectivity index (χ0) is 13.0. The third-order valence-corrected chi connectivity index (χ3v) is 4.08. The second-order valence-corrected chi connectivity index (χ2v) is 4.99. The highest BCUT2D eigenvalue weighted by atomic mass is 79.9. The maximum absolute atomic E-state index is 11.4. The average molecular weight is 364 g/mol. The van der Waals surface area contributed by atoms with Crippen LogP contribution in [0.4, 0.5) is 0 Å². The van der Waals surface area contributed by atoms with Gasteiger partial charge in [-0.05, 0) is 30.2 Å². The molecule has 17 heavy (non-hydrogen) atoms. The van der Waals surface area contributed by atoms with Crippen LogP contribution in [-0.2, 0) is 14.9 Å². The Kier molecular flexibility index (Phi) is 5.33. The van der Waals surface area contributed by atoms with Gasteiger partial charge < -0.3 is 4.74 Å². The van der Waals surface area contributed by atoms with Gasteiger partial charge in [0.25, 0.3) is 0 Å². The van der Waals surface area contributed by atoms with Gasteiger partial charge in [-0.25, -0.2) is 4.79 Å². The molecule has 0 aliphatic carbocycles. The topological polar surface area (TPSA) is 43.4 Å². The normalized spacial score (nSPS) is 12.0. The Labute approximate surface area is 117 Å². The SMILES string of the molecule is COC(=O)c1ccc(CBr)c(C(Br)C(C)=O)c1. The number of ketones is 1. The maximum atomic E-state index is 11.4. The first-order valence-corrected chi connectivity index (χ1v) is 6.96. The number of hydrogen-bond acceptors (Lipinski definition) is 3. The van der Waals surface area contributed by atoms with E-state index in [4.69, 9.17) is 0 Å². The molecule has 1 rings (SSSR count). The van der Waals surface area contributed by atoms with Crippen molar-refractivity contribution in [1.29, 1.82) is 0 Å². The standard InChI is InChI=1S/C12H12Br2O3/c1-7(15)11(14)10-5-8(12(16)17-2)3-4-9(10)6-13/h3-5,11H,6H2,1-2H3. The van der Waals surface area contributed by atoms with Crippen molar-refractivity contribution in [2.75, 3.05) is 7.11 Å². The second kappa shape index (κ2) is 6.31. The highest BCUT2D eigenvalue weighted by Gasteiger charge is 2.18. The van der Waals surface area contributed by atoms with Crippen LogP contribution in [0.5, 0.6) is 0 Å². The highest BCUT2D eigenvalue weighted by Crippen LogP contribution is 2.29. The average Bonchev–Trinajstić information content (AvgIpc) is 2.35. The van der Waals surface area contributed by atoms with Gasteiger partial charge in [-0.1, -0.05) is 37.9 Å². The van der Waals surface area contributed by atoms with E-state index in [1.165, 1.54) is 14.0 Å². The summed E-state index contributed by atoms with van der Waals surface area (Å²) in [5.41, 5.74) is 2.20. The van der Waals surface area contributed by atoms with Gasteiger partial charge in [0, 0.05) is 5.33 Å². The second-order valence-electron chi connectivity index (χ2n) is 3.51. The Morgan fingerprint density at radius 2 is 2.06 bits per heavy atom. The molecule has 0 heterocycles. The number of rotatable bonds is 4. The molecule has 0 saturated carbocycles. The molecule has 0 saturated heterocycles. The Balaban J connectivity index is 3.24. The van der Waals surface area contributed by atoms with Crippen molar-refractivity contribution in [3.8, 4) is 0 Å². The molecule has 0 fully saturated rings. The molecule has 1 aromatic rings. The highest BCUT2D eigenvalue weighted by molar-refractivity contribution is 9.09. The molecule has 0 aliphatic rings. The van der Waals surface area contributed by atoms with Crippen LogP contribution in [0.3, 0.4) is 0 Å². The number of benzene rings is 1. The van der Waals surface area contributed by atoms with Crippen molar-refractivity contribution in [3.63, 3.8) is 0 Å². The molecule has 0 aromatic heterocycles. The fourth-order valence-corrected chi connectivity index (χ4v) is 2.35. The number of carbonyl (C=O) groups excluding carboxylic acids is 2. The number of halogens is 2. The fourth-order valence-electron chi connectivity index (χ4n) is 1.42. The van der Waals surface area contributed by atoms with E-state index in [0.717, 1.165) is 11.1 Å². The van der Waals surface area contributed by atoms with Crippen molar-refractivity contribution in [2.45, 2.75) is 17.1 Å². The minimum absolute atomic E-state index is 0.00536. The Hall–Kier alpha value is -0.680. The van der Waals surface area contributed by atoms with E-state index >= 15 is 0 Å². The van der Waals surface area contributed by atoms with E-state index in [2.05, 4.69) is 36.6 Å². The van der Waals surface area contributed by atoms with Crippen molar-refractivity contribution in [1.82, 2.24) is 0 Å². The van der Waals surface area contributed by atoms with E-state index < -0.39 is 10.8 Å². The van der Waals surface area contributed by atoms with Crippen LogP contribution in [0.25, 0.3) is 0 Å². The Morgan fingerprint density at radius 3 is 2.53 bits per heavy atom. The molecule has 92 valence electrons. The maximum Gasteiger partial charge on any atom is 0.337 e. The molecular weight excluding hydrogens is 352 g/mol. The predicted octanol–water partition coefficient (Wildman–Crippen LogP) is 3.39. The molecule has 0 bridgehead atoms. The molecule has 0 spiro atoms. The van der Waals surface area contributed by atoms with Gasteiger partial charge in [0.1, 0.15) is 5.78 Å². The molecular formula is C12H12Br2O3. The van der Waals surface area contributed by atoms with E-state index in [1.54, 1.807) is 12.1 Å². The largest absolute Gasteiger partial charge is 0.465 e. The molecule has 1 atom stereocenters. The summed E-state index contributed by atoms with van der Waals surface area (Å²) in [6.45, 7) is 1.50. The number of ether oxygens (including phenoxy) is 1. The third-order valence-electron chi connectivity index (χ3n) is 2.34. The van der Waals surface area contributed by atoms with E-state index in [1.807, 2.05) is 6.07 Å². The number of hydrogen-bond donors (Lipinski definition) is 0. The summed E-state index contributed by atoms with van der Waals surface area (Å²) < 4.78 is 4.65. The first-order chi connectivity index (χ1) is 8.01. The van der Waals surface area contributed by atoms with Gasteiger partial charge in [0.05, 0.1) is 17.5 Å². The van der Waals surface area contributed by atoms with Crippen molar-refractivity contribution in [3.05, 3.63) is 34.9 Å². The quantitative estimate of drug-likeness (QED) is 0.608. The number of alkyl halides is 2. The van der Waals surface area contributed by atoms with Crippen LogP contribution in [0.2, 0.25) is 0 Å². The van der Waals surface area contributed by atoms with Gasteiger partial charge >= 0.3 is 5.97 Å². The summed E-state index contributed by atoms with van der Waals surface area (Å²) in [7, 11) is 1.33. The first kappa shape index (κ1) is 14.4. The van der Waals surface area contributed by atoms with Crippen molar-refractivity contribution in [2.24, 2.45) is 0 Å². The molecule has 0 N–H and O–H groups in total. The first-order valence-electron chi connectivity index (χ1n) is 4.93. The summed E-state index contributed by atoms with van der Waals surface area (Å²) in [4.78, 5) is 22.4. The van der Waals surface area contributed by atoms with Gasteiger partial charge in [0.15, 0.2) is 0 Å². The lowest BCUT2D eigenvalue weighted by Crippen LogP contribution is -2.08. The summed E-state index contributed by atoms with van der Waals surface area (Å²) >= 11 is 6.68. The van der Waals surface area contributed by atoms with Crippen LogP contribution in [0, 0.1) is 0 Å². The number of esters is 1. The fraction of sp³-hybridized carbons (Fsp3) is 0.333. The molecule has 1 unspecified atom stereocenters. The van der Waals surface area contributed by atoms with Gasteiger partial charge in [-0.15, -0.1) is 0 Å². The summed E-state index contributed by atoms with van der Waals surface area (Å²) in [6, 6.07) is 5.18. The minimum Gasteiger partial charge on any atom is -0.465 e. The minimum atomic E-state index is -0.407. The summed E-state index contributed by atoms with van der Waals surface area (Å²) in [5, 5.41) is 0.624. The van der Waals surface area contributed by atoms with Crippen LogP contribution in [0.15, 0.2) is 18.2 Å². The molecule has 0 amide bonds. The van der Waals surface area contributed by atoms with Crippen LogP contribution in [0.1, 0.15) is 33.2 Å². The van der Waals surface area contributed by atoms with Gasteiger partial charge in [-0.2, -0.15) is 0 Å². The van der Waals surface area contributed by atoms with E-state index in [0.29, 0.717) is 10.9 Å². The predicted molar refractivity (Wildman–Crippen MR) is 72.8 cm³/mol. The Bertz CT molecular complexity index is 443. The monoisotopic (exact) mass is 362 g/mol. The summed E-state index contributed by atoms with van der Waals surface area (Å²) in [6.07, 6.45) is 0. The molecule has 5 heteroatoms. The lowest BCUT2D eigenvalue weighted by atomic mass is 10.0. The number of methoxy groups -OCH3 is 1. The zero-order valence-corrected chi connectivity index (χ0v) is 12.7. The molecule has 1 aromatic carbocycles. The smallest absolute Gasteiger partial charge is 0.337 e. The lowest BCUT2D eigenvalue weighted by Gasteiger charge is -2.12. The van der Waals surface area contributed by atoms with Crippen LogP contribution in [-0.4, -0.2) is 18.9 Å². The summed E-state index contributed by atoms with van der Waals surface area (Å²) in [5.74, 6) is -0.412.